The van der Waals surface area contributed by atoms with E-state index in [0.717, 1.165) is 44.5 Å². The van der Waals surface area contributed by atoms with Gasteiger partial charge in [-0.1, -0.05) is 28.6 Å². The zero-order chi connectivity index (χ0) is 21.5. The summed E-state index contributed by atoms with van der Waals surface area (Å²) < 4.78 is 6.04. The van der Waals surface area contributed by atoms with Gasteiger partial charge in [0.25, 0.3) is 0 Å². The van der Waals surface area contributed by atoms with E-state index in [1.807, 2.05) is 31.2 Å². The summed E-state index contributed by atoms with van der Waals surface area (Å²) in [6, 6.07) is 8.17. The molecule has 1 amide bonds. The summed E-state index contributed by atoms with van der Waals surface area (Å²) in [5, 5.41) is 13.1. The van der Waals surface area contributed by atoms with Crippen LogP contribution in [0.4, 0.5) is 10.9 Å². The van der Waals surface area contributed by atoms with Crippen molar-refractivity contribution in [1.29, 1.82) is 0 Å². The van der Waals surface area contributed by atoms with Gasteiger partial charge in [-0.15, -0.1) is 0 Å². The Kier molecular flexibility index (Phi) is 5.19. The first-order valence-electron chi connectivity index (χ1n) is 9.86. The summed E-state index contributed by atoms with van der Waals surface area (Å²) in [6.07, 6.45) is 3.28. The SMILES string of the molecule is Cc1nc(-c2ccc3ccnc(NC4CC(C(=O)Nc5nc(C)c(Br)s5)C4)c3c2)no1. The molecular weight excluding hydrogens is 480 g/mol. The molecule has 0 spiro atoms. The van der Waals surface area contributed by atoms with E-state index in [-0.39, 0.29) is 17.9 Å². The number of amides is 1. The van der Waals surface area contributed by atoms with E-state index in [4.69, 9.17) is 4.52 Å². The van der Waals surface area contributed by atoms with Gasteiger partial charge in [-0.05, 0) is 53.2 Å². The van der Waals surface area contributed by atoms with Crippen molar-refractivity contribution in [2.24, 2.45) is 5.92 Å². The average Bonchev–Trinajstić information content (AvgIpc) is 3.28. The Bertz CT molecular complexity index is 1260. The van der Waals surface area contributed by atoms with Gasteiger partial charge in [0.05, 0.1) is 9.48 Å². The fourth-order valence-electron chi connectivity index (χ4n) is 3.62. The number of anilines is 2. The first-order chi connectivity index (χ1) is 15.0. The normalized spacial score (nSPS) is 18.0. The van der Waals surface area contributed by atoms with Crippen LogP contribution in [-0.4, -0.2) is 32.1 Å². The number of pyridine rings is 1. The van der Waals surface area contributed by atoms with Gasteiger partial charge in [0.15, 0.2) is 5.13 Å². The molecule has 0 radical (unpaired) electrons. The van der Waals surface area contributed by atoms with E-state index in [2.05, 4.69) is 46.7 Å². The molecule has 2 N–H and O–H groups in total. The van der Waals surface area contributed by atoms with Crippen LogP contribution in [0.15, 0.2) is 38.8 Å². The van der Waals surface area contributed by atoms with Crippen molar-refractivity contribution in [1.82, 2.24) is 20.1 Å². The van der Waals surface area contributed by atoms with Gasteiger partial charge in [-0.2, -0.15) is 4.98 Å². The summed E-state index contributed by atoms with van der Waals surface area (Å²) in [7, 11) is 0. The third-order valence-corrected chi connectivity index (χ3v) is 7.29. The number of aryl methyl sites for hydroxylation is 2. The number of thiazole rings is 1. The third-order valence-electron chi connectivity index (χ3n) is 5.37. The fraction of sp³-hybridized carbons (Fsp3) is 0.286. The van der Waals surface area contributed by atoms with Gasteiger partial charge in [0.2, 0.25) is 17.6 Å². The Hall–Kier alpha value is -2.85. The average molecular weight is 499 g/mol. The lowest BCUT2D eigenvalue weighted by atomic mass is 9.79. The van der Waals surface area contributed by atoms with Crippen LogP contribution in [0.1, 0.15) is 24.4 Å². The van der Waals surface area contributed by atoms with Gasteiger partial charge in [0, 0.05) is 36.0 Å². The number of nitrogens with one attached hydrogen (secondary N) is 2. The molecule has 0 saturated heterocycles. The van der Waals surface area contributed by atoms with E-state index in [0.29, 0.717) is 16.8 Å². The summed E-state index contributed by atoms with van der Waals surface area (Å²) >= 11 is 4.87. The molecule has 1 aromatic carbocycles. The Labute approximate surface area is 190 Å². The highest BCUT2D eigenvalue weighted by Crippen LogP contribution is 2.35. The second kappa shape index (κ2) is 8.01. The zero-order valence-electron chi connectivity index (χ0n) is 16.8. The van der Waals surface area contributed by atoms with Gasteiger partial charge in [0.1, 0.15) is 5.82 Å². The van der Waals surface area contributed by atoms with E-state index in [1.165, 1.54) is 11.3 Å². The monoisotopic (exact) mass is 498 g/mol. The van der Waals surface area contributed by atoms with Gasteiger partial charge in [-0.3, -0.25) is 4.79 Å². The van der Waals surface area contributed by atoms with E-state index in [9.17, 15) is 4.79 Å². The minimum absolute atomic E-state index is 0.0138. The van der Waals surface area contributed by atoms with Crippen molar-refractivity contribution in [2.45, 2.75) is 32.7 Å². The molecule has 0 bridgehead atoms. The van der Waals surface area contributed by atoms with Crippen molar-refractivity contribution in [3.8, 4) is 11.4 Å². The summed E-state index contributed by atoms with van der Waals surface area (Å²) in [5.41, 5.74) is 1.75. The predicted octanol–water partition coefficient (Wildman–Crippen LogP) is 4.95. The summed E-state index contributed by atoms with van der Waals surface area (Å²) in [4.78, 5) is 25.7. The largest absolute Gasteiger partial charge is 0.367 e. The van der Waals surface area contributed by atoms with Crippen LogP contribution in [0, 0.1) is 19.8 Å². The summed E-state index contributed by atoms with van der Waals surface area (Å²) in [5.74, 6) is 1.86. The number of halogens is 1. The maximum atomic E-state index is 12.5. The number of nitrogens with zero attached hydrogens (tertiary/aromatic N) is 4. The van der Waals surface area contributed by atoms with Crippen molar-refractivity contribution < 1.29 is 9.32 Å². The lowest BCUT2D eigenvalue weighted by Crippen LogP contribution is -2.42. The van der Waals surface area contributed by atoms with E-state index < -0.39 is 0 Å². The van der Waals surface area contributed by atoms with Crippen LogP contribution >= 0.6 is 27.3 Å². The van der Waals surface area contributed by atoms with Gasteiger partial charge < -0.3 is 15.2 Å². The maximum Gasteiger partial charge on any atom is 0.229 e. The lowest BCUT2D eigenvalue weighted by Gasteiger charge is -2.35. The molecular formula is C21H19BrN6O2S. The first-order valence-corrected chi connectivity index (χ1v) is 11.5. The second-order valence-electron chi connectivity index (χ2n) is 7.61. The molecule has 31 heavy (non-hydrogen) atoms. The Balaban J connectivity index is 1.27. The fourth-order valence-corrected chi connectivity index (χ4v) is 4.87. The van der Waals surface area contributed by atoms with Crippen LogP contribution in [0.3, 0.4) is 0 Å². The van der Waals surface area contributed by atoms with E-state index in [1.54, 1.807) is 13.1 Å². The first kappa shape index (κ1) is 20.1. The lowest BCUT2D eigenvalue weighted by molar-refractivity contribution is -0.122. The number of carbonyl (C=O) groups excluding carboxylic acids is 1. The van der Waals surface area contributed by atoms with Gasteiger partial charge in [-0.25, -0.2) is 9.97 Å². The molecule has 3 aromatic heterocycles. The second-order valence-corrected chi connectivity index (χ2v) is 9.93. The molecule has 4 aromatic rings. The minimum atomic E-state index is -0.0340. The quantitative estimate of drug-likeness (QED) is 0.400. The minimum Gasteiger partial charge on any atom is -0.367 e. The van der Waals surface area contributed by atoms with Crippen LogP contribution in [0.5, 0.6) is 0 Å². The number of benzene rings is 1. The molecule has 3 heterocycles. The topological polar surface area (TPSA) is 106 Å². The van der Waals surface area contributed by atoms with Gasteiger partial charge >= 0.3 is 0 Å². The Morgan fingerprint density at radius 2 is 2.06 bits per heavy atom. The molecule has 8 nitrogen and oxygen atoms in total. The van der Waals surface area contributed by atoms with Crippen LogP contribution in [0.25, 0.3) is 22.2 Å². The highest BCUT2D eigenvalue weighted by atomic mass is 79.9. The molecule has 10 heteroatoms. The summed E-state index contributed by atoms with van der Waals surface area (Å²) in [6.45, 7) is 3.67. The molecule has 5 rings (SSSR count). The highest BCUT2D eigenvalue weighted by Gasteiger charge is 2.35. The standard InChI is InChI=1S/C21H19BrN6O2S/c1-10-17(22)31-21(24-10)27-20(29)14-7-15(8-14)26-19-16-9-13(18-25-11(2)30-28-18)4-3-12(16)5-6-23-19/h3-6,9,14-15H,7-8H2,1-2H3,(H,23,26)(H,24,27,29). The molecule has 158 valence electrons. The molecule has 0 unspecified atom stereocenters. The van der Waals surface area contributed by atoms with Crippen molar-refractivity contribution in [3.05, 3.63) is 45.8 Å². The maximum absolute atomic E-state index is 12.5. The third kappa shape index (κ3) is 4.05. The molecule has 1 fully saturated rings. The molecule has 1 saturated carbocycles. The number of carbonyl (C=O) groups is 1. The molecule has 1 aliphatic carbocycles. The molecule has 1 aliphatic rings. The number of aromatic nitrogens is 4. The van der Waals surface area contributed by atoms with Crippen LogP contribution in [0.2, 0.25) is 0 Å². The molecule has 0 atom stereocenters. The van der Waals surface area contributed by atoms with E-state index >= 15 is 0 Å². The smallest absolute Gasteiger partial charge is 0.229 e. The van der Waals surface area contributed by atoms with Crippen LogP contribution in [-0.2, 0) is 4.79 Å². The zero-order valence-corrected chi connectivity index (χ0v) is 19.2. The predicted molar refractivity (Wildman–Crippen MR) is 123 cm³/mol. The van der Waals surface area contributed by atoms with Crippen molar-refractivity contribution in [2.75, 3.05) is 10.6 Å². The Morgan fingerprint density at radius 1 is 1.23 bits per heavy atom. The molecule has 0 aliphatic heterocycles. The van der Waals surface area contributed by atoms with Crippen LogP contribution < -0.4 is 10.6 Å². The highest BCUT2D eigenvalue weighted by molar-refractivity contribution is 9.11. The van der Waals surface area contributed by atoms with Crippen molar-refractivity contribution >= 4 is 54.9 Å². The van der Waals surface area contributed by atoms with Crippen molar-refractivity contribution in [3.63, 3.8) is 0 Å². The number of hydrogen-bond acceptors (Lipinski definition) is 8. The number of fused-ring (bicyclic) bond motifs is 1. The Morgan fingerprint density at radius 3 is 2.77 bits per heavy atom. The number of hydrogen-bond donors (Lipinski definition) is 2. The number of rotatable bonds is 5.